The molecule has 0 saturated carbocycles. The van der Waals surface area contributed by atoms with Gasteiger partial charge in [0.15, 0.2) is 0 Å². The second-order valence-corrected chi connectivity index (χ2v) is 6.63. The average molecular weight is 284 g/mol. The summed E-state index contributed by atoms with van der Waals surface area (Å²) in [5, 5.41) is 3.52. The topological polar surface area (TPSA) is 12.0 Å². The van der Waals surface area contributed by atoms with Crippen LogP contribution >= 0.6 is 0 Å². The molecule has 122 valence electrons. The van der Waals surface area contributed by atoms with Gasteiger partial charge in [-0.1, -0.05) is 91.4 Å². The average Bonchev–Trinajstić information content (AvgIpc) is 2.45. The van der Waals surface area contributed by atoms with Crippen LogP contribution in [0.5, 0.6) is 0 Å². The molecule has 0 aliphatic carbocycles. The van der Waals surface area contributed by atoms with Crippen molar-refractivity contribution in [3.63, 3.8) is 0 Å². The number of unbranched alkanes of at least 4 members (excludes halogenated alkanes) is 10. The summed E-state index contributed by atoms with van der Waals surface area (Å²) >= 11 is 0. The van der Waals surface area contributed by atoms with Gasteiger partial charge in [0.05, 0.1) is 0 Å². The molecule has 0 aromatic rings. The Kier molecular flexibility index (Phi) is 17.0. The lowest BCUT2D eigenvalue weighted by molar-refractivity contribution is 0.449. The molecule has 1 nitrogen and oxygen atoms in total. The second-order valence-electron chi connectivity index (χ2n) is 6.63. The molecule has 0 bridgehead atoms. The Bertz CT molecular complexity index is 167. The van der Waals surface area contributed by atoms with Crippen LogP contribution in [0, 0.1) is 5.92 Å². The summed E-state index contributed by atoms with van der Waals surface area (Å²) in [5.74, 6) is 0.861. The molecule has 0 amide bonds. The van der Waals surface area contributed by atoms with E-state index in [0.29, 0.717) is 0 Å². The SMILES string of the molecule is CCCCCCCCCCCCCC(C)CNCCC. The van der Waals surface area contributed by atoms with Crippen LogP contribution < -0.4 is 5.32 Å². The van der Waals surface area contributed by atoms with Crippen molar-refractivity contribution in [2.24, 2.45) is 5.92 Å². The third-order valence-electron chi connectivity index (χ3n) is 4.22. The van der Waals surface area contributed by atoms with Gasteiger partial charge < -0.3 is 5.32 Å². The minimum Gasteiger partial charge on any atom is -0.316 e. The largest absolute Gasteiger partial charge is 0.316 e. The molecule has 0 aliphatic rings. The van der Waals surface area contributed by atoms with Crippen LogP contribution in [0.3, 0.4) is 0 Å². The zero-order valence-corrected chi connectivity index (χ0v) is 14.7. The standard InChI is InChI=1S/C19H41N/c1-4-6-7-8-9-10-11-12-13-14-15-16-19(3)18-20-17-5-2/h19-20H,4-18H2,1-3H3. The van der Waals surface area contributed by atoms with Gasteiger partial charge in [-0.2, -0.15) is 0 Å². The zero-order valence-electron chi connectivity index (χ0n) is 14.7. The summed E-state index contributed by atoms with van der Waals surface area (Å²) in [4.78, 5) is 0. The molecule has 0 rings (SSSR count). The van der Waals surface area contributed by atoms with E-state index in [1.807, 2.05) is 0 Å². The predicted octanol–water partition coefficient (Wildman–Crippen LogP) is 6.32. The van der Waals surface area contributed by atoms with E-state index < -0.39 is 0 Å². The minimum absolute atomic E-state index is 0.861. The van der Waals surface area contributed by atoms with E-state index in [1.165, 1.54) is 96.6 Å². The van der Waals surface area contributed by atoms with Gasteiger partial charge in [-0.05, 0) is 31.8 Å². The Morgan fingerprint density at radius 2 is 1.15 bits per heavy atom. The van der Waals surface area contributed by atoms with Gasteiger partial charge in [0.1, 0.15) is 0 Å². The highest BCUT2D eigenvalue weighted by Crippen LogP contribution is 2.13. The van der Waals surface area contributed by atoms with Crippen LogP contribution in [-0.2, 0) is 0 Å². The van der Waals surface area contributed by atoms with Gasteiger partial charge in [0, 0.05) is 0 Å². The third-order valence-corrected chi connectivity index (χ3v) is 4.22. The van der Waals surface area contributed by atoms with E-state index in [-0.39, 0.29) is 0 Å². The van der Waals surface area contributed by atoms with E-state index in [9.17, 15) is 0 Å². The van der Waals surface area contributed by atoms with Crippen LogP contribution in [0.2, 0.25) is 0 Å². The molecule has 1 heteroatoms. The first-order chi connectivity index (χ1) is 9.81. The van der Waals surface area contributed by atoms with Crippen molar-refractivity contribution in [3.8, 4) is 0 Å². The van der Waals surface area contributed by atoms with Crippen molar-refractivity contribution in [2.45, 2.75) is 104 Å². The minimum atomic E-state index is 0.861. The molecule has 0 fully saturated rings. The maximum atomic E-state index is 3.52. The maximum Gasteiger partial charge on any atom is -0.00232 e. The zero-order chi connectivity index (χ0) is 14.9. The molecule has 0 aromatic carbocycles. The van der Waals surface area contributed by atoms with Crippen LogP contribution in [0.25, 0.3) is 0 Å². The van der Waals surface area contributed by atoms with Crippen molar-refractivity contribution in [1.29, 1.82) is 0 Å². The highest BCUT2D eigenvalue weighted by Gasteiger charge is 2.00. The van der Waals surface area contributed by atoms with Gasteiger partial charge >= 0.3 is 0 Å². The maximum absolute atomic E-state index is 3.52. The summed E-state index contributed by atoms with van der Waals surface area (Å²) < 4.78 is 0. The lowest BCUT2D eigenvalue weighted by atomic mass is 10.0. The number of rotatable bonds is 16. The smallest absolute Gasteiger partial charge is 0.00232 e. The van der Waals surface area contributed by atoms with Gasteiger partial charge in [-0.3, -0.25) is 0 Å². The van der Waals surface area contributed by atoms with Crippen molar-refractivity contribution < 1.29 is 0 Å². The van der Waals surface area contributed by atoms with Gasteiger partial charge in [0.2, 0.25) is 0 Å². The van der Waals surface area contributed by atoms with Crippen LogP contribution in [0.15, 0.2) is 0 Å². The molecular weight excluding hydrogens is 242 g/mol. The fourth-order valence-electron chi connectivity index (χ4n) is 2.78. The first-order valence-corrected chi connectivity index (χ1v) is 9.52. The van der Waals surface area contributed by atoms with Crippen LogP contribution in [0.4, 0.5) is 0 Å². The highest BCUT2D eigenvalue weighted by molar-refractivity contribution is 4.57. The molecule has 20 heavy (non-hydrogen) atoms. The Morgan fingerprint density at radius 1 is 0.650 bits per heavy atom. The molecule has 0 aromatic heterocycles. The summed E-state index contributed by atoms with van der Waals surface area (Å²) in [6.07, 6.45) is 18.6. The quantitative estimate of drug-likeness (QED) is 0.327. The van der Waals surface area contributed by atoms with Gasteiger partial charge in [-0.25, -0.2) is 0 Å². The first-order valence-electron chi connectivity index (χ1n) is 9.52. The van der Waals surface area contributed by atoms with Crippen LogP contribution in [0.1, 0.15) is 104 Å². The van der Waals surface area contributed by atoms with E-state index in [2.05, 4.69) is 26.1 Å². The molecule has 1 atom stereocenters. The second kappa shape index (κ2) is 17.0. The third kappa shape index (κ3) is 16.0. The van der Waals surface area contributed by atoms with E-state index in [1.54, 1.807) is 0 Å². The van der Waals surface area contributed by atoms with Crippen LogP contribution in [-0.4, -0.2) is 13.1 Å². The lowest BCUT2D eigenvalue weighted by Crippen LogP contribution is -2.21. The highest BCUT2D eigenvalue weighted by atomic mass is 14.8. The molecule has 0 radical (unpaired) electrons. The lowest BCUT2D eigenvalue weighted by Gasteiger charge is -2.11. The Morgan fingerprint density at radius 3 is 1.65 bits per heavy atom. The van der Waals surface area contributed by atoms with E-state index >= 15 is 0 Å². The molecular formula is C19H41N. The van der Waals surface area contributed by atoms with E-state index in [0.717, 1.165) is 5.92 Å². The fraction of sp³-hybridized carbons (Fsp3) is 1.00. The van der Waals surface area contributed by atoms with Crippen molar-refractivity contribution >= 4 is 0 Å². The number of hydrogen-bond acceptors (Lipinski definition) is 1. The predicted molar refractivity (Wildman–Crippen MR) is 93.4 cm³/mol. The molecule has 0 saturated heterocycles. The normalized spacial score (nSPS) is 12.8. The van der Waals surface area contributed by atoms with Gasteiger partial charge in [-0.15, -0.1) is 0 Å². The Balaban J connectivity index is 3.05. The van der Waals surface area contributed by atoms with Gasteiger partial charge in [0.25, 0.3) is 0 Å². The fourth-order valence-corrected chi connectivity index (χ4v) is 2.78. The van der Waals surface area contributed by atoms with Crippen molar-refractivity contribution in [2.75, 3.05) is 13.1 Å². The number of hydrogen-bond donors (Lipinski definition) is 1. The first kappa shape index (κ1) is 20.0. The molecule has 0 heterocycles. The summed E-state index contributed by atoms with van der Waals surface area (Å²) in [6.45, 7) is 9.31. The van der Waals surface area contributed by atoms with E-state index in [4.69, 9.17) is 0 Å². The molecule has 0 aliphatic heterocycles. The molecule has 1 unspecified atom stereocenters. The summed E-state index contributed by atoms with van der Waals surface area (Å²) in [7, 11) is 0. The Labute approximate surface area is 129 Å². The summed E-state index contributed by atoms with van der Waals surface area (Å²) in [5.41, 5.74) is 0. The molecule has 1 N–H and O–H groups in total. The monoisotopic (exact) mass is 283 g/mol. The summed E-state index contributed by atoms with van der Waals surface area (Å²) in [6, 6.07) is 0. The molecule has 0 spiro atoms. The van der Waals surface area contributed by atoms with Crippen molar-refractivity contribution in [1.82, 2.24) is 5.32 Å². The number of nitrogens with one attached hydrogen (secondary N) is 1. The van der Waals surface area contributed by atoms with Crippen molar-refractivity contribution in [3.05, 3.63) is 0 Å². The Hall–Kier alpha value is -0.0400.